The molecule has 0 aliphatic rings. The Balaban J connectivity index is 1.99. The number of methoxy groups -OCH3 is 2. The highest BCUT2D eigenvalue weighted by molar-refractivity contribution is 5.93. The third kappa shape index (κ3) is 5.04. The quantitative estimate of drug-likeness (QED) is 0.553. The summed E-state index contributed by atoms with van der Waals surface area (Å²) in [7, 11) is 3.11. The Bertz CT molecular complexity index is 969. The summed E-state index contributed by atoms with van der Waals surface area (Å²) in [6, 6.07) is 18.6. The lowest BCUT2D eigenvalue weighted by Gasteiger charge is -2.24. The Kier molecular flexibility index (Phi) is 6.34. The smallest absolute Gasteiger partial charge is 0.224 e. The first kappa shape index (κ1) is 20.2. The molecule has 0 unspecified atom stereocenters. The molecule has 0 saturated carbocycles. The summed E-state index contributed by atoms with van der Waals surface area (Å²) in [6.07, 6.45) is 0. The maximum atomic E-state index is 14.1. The molecule has 1 amide bonds. The largest absolute Gasteiger partial charge is 0.497 e. The second-order valence-electron chi connectivity index (χ2n) is 6.35. The van der Waals surface area contributed by atoms with Gasteiger partial charge in [-0.1, -0.05) is 18.2 Å². The van der Waals surface area contributed by atoms with Gasteiger partial charge in [0.1, 0.15) is 23.1 Å². The Labute approximate surface area is 169 Å². The van der Waals surface area contributed by atoms with Crippen molar-refractivity contribution in [3.8, 4) is 23.0 Å². The molecule has 0 spiro atoms. The van der Waals surface area contributed by atoms with E-state index in [2.05, 4.69) is 0 Å². The van der Waals surface area contributed by atoms with Gasteiger partial charge in [0, 0.05) is 19.1 Å². The molecule has 3 rings (SSSR count). The van der Waals surface area contributed by atoms with Crippen molar-refractivity contribution in [2.75, 3.05) is 19.1 Å². The molecule has 5 nitrogen and oxygen atoms in total. The first-order valence-corrected chi connectivity index (χ1v) is 9.02. The van der Waals surface area contributed by atoms with Gasteiger partial charge in [-0.3, -0.25) is 4.79 Å². The summed E-state index contributed by atoms with van der Waals surface area (Å²) in [5.74, 6) is 1.45. The number of hydrogen-bond acceptors (Lipinski definition) is 4. The van der Waals surface area contributed by atoms with Crippen LogP contribution in [0.4, 0.5) is 10.1 Å². The Morgan fingerprint density at radius 1 is 0.897 bits per heavy atom. The van der Waals surface area contributed by atoms with Crippen LogP contribution in [0.25, 0.3) is 0 Å². The van der Waals surface area contributed by atoms with Gasteiger partial charge >= 0.3 is 0 Å². The van der Waals surface area contributed by atoms with Crippen molar-refractivity contribution in [2.24, 2.45) is 0 Å². The fourth-order valence-electron chi connectivity index (χ4n) is 2.91. The molecule has 0 bridgehead atoms. The third-order valence-corrected chi connectivity index (χ3v) is 4.31. The van der Waals surface area contributed by atoms with Crippen molar-refractivity contribution in [1.29, 1.82) is 0 Å². The number of halogens is 1. The minimum Gasteiger partial charge on any atom is -0.497 e. The highest BCUT2D eigenvalue weighted by Gasteiger charge is 2.19. The number of anilines is 1. The Morgan fingerprint density at radius 3 is 2.14 bits per heavy atom. The number of rotatable bonds is 7. The maximum Gasteiger partial charge on any atom is 0.224 e. The van der Waals surface area contributed by atoms with E-state index in [1.807, 2.05) is 18.2 Å². The molecule has 6 heteroatoms. The lowest BCUT2D eigenvalue weighted by Crippen LogP contribution is -2.28. The van der Waals surface area contributed by atoms with Gasteiger partial charge in [0.25, 0.3) is 0 Å². The van der Waals surface area contributed by atoms with E-state index in [0.29, 0.717) is 28.7 Å². The molecule has 29 heavy (non-hydrogen) atoms. The number of benzene rings is 3. The number of carbonyl (C=O) groups excluding carboxylic acids is 1. The lowest BCUT2D eigenvalue weighted by molar-refractivity contribution is -0.116. The van der Waals surface area contributed by atoms with Crippen LogP contribution in [-0.4, -0.2) is 20.1 Å². The topological polar surface area (TPSA) is 48.0 Å². The molecular formula is C23H22FNO4. The molecule has 0 radical (unpaired) electrons. The van der Waals surface area contributed by atoms with E-state index in [0.717, 1.165) is 5.56 Å². The molecular weight excluding hydrogens is 373 g/mol. The van der Waals surface area contributed by atoms with Crippen LogP contribution in [0.1, 0.15) is 12.5 Å². The van der Waals surface area contributed by atoms with Gasteiger partial charge in [-0.05, 0) is 42.0 Å². The zero-order valence-corrected chi connectivity index (χ0v) is 16.5. The summed E-state index contributed by atoms with van der Waals surface area (Å²) in [5.41, 5.74) is 1.11. The van der Waals surface area contributed by atoms with E-state index < -0.39 is 5.82 Å². The number of hydrogen-bond donors (Lipinski definition) is 0. The molecule has 0 aliphatic carbocycles. The summed E-state index contributed by atoms with van der Waals surface area (Å²) >= 11 is 0. The molecule has 0 fully saturated rings. The lowest BCUT2D eigenvalue weighted by atomic mass is 10.1. The Hall–Kier alpha value is -3.54. The predicted molar refractivity (Wildman–Crippen MR) is 109 cm³/mol. The zero-order valence-electron chi connectivity index (χ0n) is 16.5. The van der Waals surface area contributed by atoms with Crippen LogP contribution < -0.4 is 19.1 Å². The number of ether oxygens (including phenoxy) is 3. The van der Waals surface area contributed by atoms with E-state index in [-0.39, 0.29) is 12.5 Å². The van der Waals surface area contributed by atoms with Crippen LogP contribution in [0.2, 0.25) is 0 Å². The minimum absolute atomic E-state index is 0.192. The maximum absolute atomic E-state index is 14.1. The van der Waals surface area contributed by atoms with Crippen LogP contribution in [-0.2, 0) is 11.3 Å². The number of nitrogens with zero attached hydrogens (tertiary/aromatic N) is 1. The molecule has 0 N–H and O–H groups in total. The van der Waals surface area contributed by atoms with E-state index in [4.69, 9.17) is 14.2 Å². The summed E-state index contributed by atoms with van der Waals surface area (Å²) in [5, 5.41) is 0. The third-order valence-electron chi connectivity index (χ3n) is 4.31. The molecule has 0 heterocycles. The van der Waals surface area contributed by atoms with E-state index in [1.54, 1.807) is 44.6 Å². The van der Waals surface area contributed by atoms with Gasteiger partial charge in [-0.2, -0.15) is 0 Å². The van der Waals surface area contributed by atoms with Crippen molar-refractivity contribution < 1.29 is 23.4 Å². The van der Waals surface area contributed by atoms with Crippen LogP contribution >= 0.6 is 0 Å². The highest BCUT2D eigenvalue weighted by Crippen LogP contribution is 2.35. The van der Waals surface area contributed by atoms with Crippen LogP contribution in [0.5, 0.6) is 23.0 Å². The summed E-state index contributed by atoms with van der Waals surface area (Å²) in [6.45, 7) is 1.62. The molecule has 0 saturated heterocycles. The average Bonchev–Trinajstić information content (AvgIpc) is 2.73. The van der Waals surface area contributed by atoms with Crippen molar-refractivity contribution in [3.63, 3.8) is 0 Å². The minimum atomic E-state index is -0.463. The predicted octanol–water partition coefficient (Wildman–Crippen LogP) is 5.19. The average molecular weight is 395 g/mol. The first-order chi connectivity index (χ1) is 14.0. The summed E-state index contributed by atoms with van der Waals surface area (Å²) < 4.78 is 30.6. The fraction of sp³-hybridized carbons (Fsp3) is 0.174. The molecule has 3 aromatic rings. The molecule has 0 aliphatic heterocycles. The standard InChI is InChI=1S/C23H22FNO4/c1-16(26)25(15-17-11-20(27-2)14-21(12-17)28-3)22-13-18(24)9-10-23(22)29-19-7-5-4-6-8-19/h4-14H,15H2,1-3H3. The molecule has 0 aromatic heterocycles. The summed E-state index contributed by atoms with van der Waals surface area (Å²) in [4.78, 5) is 13.9. The molecule has 3 aromatic carbocycles. The molecule has 0 atom stereocenters. The van der Waals surface area contributed by atoms with Gasteiger partial charge in [0.05, 0.1) is 26.5 Å². The van der Waals surface area contributed by atoms with E-state index in [9.17, 15) is 9.18 Å². The first-order valence-electron chi connectivity index (χ1n) is 9.02. The van der Waals surface area contributed by atoms with Crippen molar-refractivity contribution in [3.05, 3.63) is 78.1 Å². The molecule has 150 valence electrons. The van der Waals surface area contributed by atoms with E-state index >= 15 is 0 Å². The van der Waals surface area contributed by atoms with Crippen LogP contribution in [0.3, 0.4) is 0 Å². The van der Waals surface area contributed by atoms with Crippen LogP contribution in [0.15, 0.2) is 66.7 Å². The SMILES string of the molecule is COc1cc(CN(C(C)=O)c2cc(F)ccc2Oc2ccccc2)cc(OC)c1. The van der Waals surface area contributed by atoms with Gasteiger partial charge in [0.2, 0.25) is 5.91 Å². The number of amides is 1. The second-order valence-corrected chi connectivity index (χ2v) is 6.35. The fourth-order valence-corrected chi connectivity index (χ4v) is 2.91. The van der Waals surface area contributed by atoms with E-state index in [1.165, 1.54) is 30.0 Å². The number of carbonyl (C=O) groups is 1. The van der Waals surface area contributed by atoms with Crippen molar-refractivity contribution in [2.45, 2.75) is 13.5 Å². The monoisotopic (exact) mass is 395 g/mol. The van der Waals surface area contributed by atoms with Gasteiger partial charge in [-0.25, -0.2) is 4.39 Å². The number of para-hydroxylation sites is 1. The van der Waals surface area contributed by atoms with Gasteiger partial charge in [-0.15, -0.1) is 0 Å². The van der Waals surface area contributed by atoms with Crippen molar-refractivity contribution >= 4 is 11.6 Å². The van der Waals surface area contributed by atoms with Crippen LogP contribution in [0, 0.1) is 5.82 Å². The highest BCUT2D eigenvalue weighted by atomic mass is 19.1. The van der Waals surface area contributed by atoms with Gasteiger partial charge < -0.3 is 19.1 Å². The Morgan fingerprint density at radius 2 is 1.55 bits per heavy atom. The zero-order chi connectivity index (χ0) is 20.8. The normalized spacial score (nSPS) is 10.3. The second kappa shape index (κ2) is 9.10. The van der Waals surface area contributed by atoms with Gasteiger partial charge in [0.15, 0.2) is 5.75 Å². The van der Waals surface area contributed by atoms with Crippen molar-refractivity contribution in [1.82, 2.24) is 0 Å².